The predicted molar refractivity (Wildman–Crippen MR) is 59.6 cm³/mol. The molecule has 0 aliphatic rings. The van der Waals surface area contributed by atoms with Gasteiger partial charge in [-0.3, -0.25) is 0 Å². The van der Waals surface area contributed by atoms with E-state index in [0.717, 1.165) is 11.4 Å². The van der Waals surface area contributed by atoms with Crippen LogP contribution in [0.4, 0.5) is 0 Å². The molecule has 0 radical (unpaired) electrons. The van der Waals surface area contributed by atoms with Gasteiger partial charge in [-0.15, -0.1) is 11.6 Å². The molecule has 0 N–H and O–H groups in total. The van der Waals surface area contributed by atoms with E-state index in [4.69, 9.17) is 23.2 Å². The maximum absolute atomic E-state index is 5.91. The molecule has 0 saturated carbocycles. The van der Waals surface area contributed by atoms with Gasteiger partial charge in [0.2, 0.25) is 0 Å². The third-order valence-corrected chi connectivity index (χ3v) is 2.46. The summed E-state index contributed by atoms with van der Waals surface area (Å²) < 4.78 is 0. The van der Waals surface area contributed by atoms with Gasteiger partial charge < -0.3 is 0 Å². The molecule has 0 aliphatic heterocycles. The Kier molecular flexibility index (Phi) is 4.08. The number of benzene rings is 1. The summed E-state index contributed by atoms with van der Waals surface area (Å²) in [5.74, 6) is 1.21. The molecule has 0 atom stereocenters. The highest BCUT2D eigenvalue weighted by atomic mass is 35.5. The van der Waals surface area contributed by atoms with Crippen molar-refractivity contribution in [2.45, 2.75) is 26.1 Å². The van der Waals surface area contributed by atoms with Gasteiger partial charge in [0.25, 0.3) is 0 Å². The minimum absolute atomic E-state index is 0.569. The van der Waals surface area contributed by atoms with E-state index in [1.54, 1.807) is 0 Å². The Hall–Kier alpha value is -0.200. The van der Waals surface area contributed by atoms with Crippen molar-refractivity contribution in [1.29, 1.82) is 0 Å². The lowest BCUT2D eigenvalue weighted by Gasteiger charge is -2.09. The maximum Gasteiger partial charge on any atom is 0.0476 e. The fraction of sp³-hybridized carbons (Fsp3) is 0.455. The van der Waals surface area contributed by atoms with Crippen molar-refractivity contribution in [1.82, 2.24) is 0 Å². The molecule has 0 amide bonds. The van der Waals surface area contributed by atoms with Gasteiger partial charge in [0.15, 0.2) is 0 Å². The zero-order valence-electron chi connectivity index (χ0n) is 7.98. The van der Waals surface area contributed by atoms with Crippen LogP contribution in [0.25, 0.3) is 0 Å². The minimum Gasteiger partial charge on any atom is -0.122 e. The summed E-state index contributed by atoms with van der Waals surface area (Å²) in [6, 6.07) is 5.91. The Balaban J connectivity index is 2.94. The van der Waals surface area contributed by atoms with Crippen LogP contribution in [0.5, 0.6) is 0 Å². The smallest absolute Gasteiger partial charge is 0.0476 e. The van der Waals surface area contributed by atoms with E-state index in [-0.39, 0.29) is 0 Å². The number of hydrogen-bond acceptors (Lipinski definition) is 0. The average Bonchev–Trinajstić information content (AvgIpc) is 2.03. The number of alkyl halides is 1. The van der Waals surface area contributed by atoms with Crippen LogP contribution in [-0.4, -0.2) is 0 Å². The second-order valence-electron chi connectivity index (χ2n) is 3.64. The molecule has 0 aliphatic carbocycles. The van der Waals surface area contributed by atoms with Gasteiger partial charge in [-0.05, 0) is 35.6 Å². The quantitative estimate of drug-likeness (QED) is 0.663. The molecule has 72 valence electrons. The fourth-order valence-corrected chi connectivity index (χ4v) is 1.81. The van der Waals surface area contributed by atoms with Gasteiger partial charge in [0.1, 0.15) is 0 Å². The number of rotatable bonds is 3. The van der Waals surface area contributed by atoms with Gasteiger partial charge >= 0.3 is 0 Å². The van der Waals surface area contributed by atoms with Crippen molar-refractivity contribution in [3.05, 3.63) is 34.3 Å². The van der Waals surface area contributed by atoms with Crippen molar-refractivity contribution in [3.8, 4) is 0 Å². The number of halogens is 2. The SMILES string of the molecule is CC(C)Cc1cc(Cl)ccc1CCl. The maximum atomic E-state index is 5.91. The molecule has 1 aromatic carbocycles. The van der Waals surface area contributed by atoms with Gasteiger partial charge in [-0.1, -0.05) is 31.5 Å². The third-order valence-electron chi connectivity index (χ3n) is 1.94. The molecule has 13 heavy (non-hydrogen) atoms. The first-order chi connectivity index (χ1) is 6.13. The van der Waals surface area contributed by atoms with Gasteiger partial charge in [-0.2, -0.15) is 0 Å². The average molecular weight is 217 g/mol. The normalized spacial score (nSPS) is 10.8. The third kappa shape index (κ3) is 3.21. The zero-order valence-corrected chi connectivity index (χ0v) is 9.49. The van der Waals surface area contributed by atoms with Crippen LogP contribution in [-0.2, 0) is 12.3 Å². The highest BCUT2D eigenvalue weighted by molar-refractivity contribution is 6.30. The van der Waals surface area contributed by atoms with Gasteiger partial charge in [-0.25, -0.2) is 0 Å². The van der Waals surface area contributed by atoms with E-state index in [9.17, 15) is 0 Å². The lowest BCUT2D eigenvalue weighted by atomic mass is 9.99. The van der Waals surface area contributed by atoms with Crippen LogP contribution in [0, 0.1) is 5.92 Å². The van der Waals surface area contributed by atoms with Crippen LogP contribution in [0.2, 0.25) is 5.02 Å². The van der Waals surface area contributed by atoms with Crippen LogP contribution >= 0.6 is 23.2 Å². The first kappa shape index (κ1) is 10.9. The first-order valence-electron chi connectivity index (χ1n) is 4.46. The lowest BCUT2D eigenvalue weighted by Crippen LogP contribution is -1.98. The van der Waals surface area contributed by atoms with Crippen LogP contribution in [0.3, 0.4) is 0 Å². The Morgan fingerprint density at radius 2 is 1.92 bits per heavy atom. The van der Waals surface area contributed by atoms with Gasteiger partial charge in [0, 0.05) is 10.9 Å². The number of hydrogen-bond donors (Lipinski definition) is 0. The molecular formula is C11H14Cl2. The fourth-order valence-electron chi connectivity index (χ4n) is 1.35. The highest BCUT2D eigenvalue weighted by Crippen LogP contribution is 2.20. The standard InChI is InChI=1S/C11H14Cl2/c1-8(2)5-10-6-11(13)4-3-9(10)7-12/h3-4,6,8H,5,7H2,1-2H3. The molecule has 1 rings (SSSR count). The van der Waals surface area contributed by atoms with Crippen LogP contribution in [0.15, 0.2) is 18.2 Å². The van der Waals surface area contributed by atoms with Crippen molar-refractivity contribution < 1.29 is 0 Å². The molecule has 0 aromatic heterocycles. The zero-order chi connectivity index (χ0) is 9.84. The van der Waals surface area contributed by atoms with Crippen molar-refractivity contribution in [2.75, 3.05) is 0 Å². The van der Waals surface area contributed by atoms with E-state index < -0.39 is 0 Å². The second-order valence-corrected chi connectivity index (χ2v) is 4.35. The largest absolute Gasteiger partial charge is 0.122 e. The molecule has 2 heteroatoms. The molecular weight excluding hydrogens is 203 g/mol. The monoisotopic (exact) mass is 216 g/mol. The topological polar surface area (TPSA) is 0 Å². The molecule has 0 fully saturated rings. The summed E-state index contributed by atoms with van der Waals surface area (Å²) in [7, 11) is 0. The Morgan fingerprint density at radius 3 is 2.46 bits per heavy atom. The summed E-state index contributed by atoms with van der Waals surface area (Å²) in [5.41, 5.74) is 2.47. The van der Waals surface area contributed by atoms with E-state index in [1.807, 2.05) is 18.2 Å². The molecule has 0 nitrogen and oxygen atoms in total. The molecule has 0 unspecified atom stereocenters. The molecule has 0 bridgehead atoms. The summed E-state index contributed by atoms with van der Waals surface area (Å²) in [6.45, 7) is 4.39. The van der Waals surface area contributed by atoms with E-state index in [2.05, 4.69) is 13.8 Å². The summed E-state index contributed by atoms with van der Waals surface area (Å²) in [4.78, 5) is 0. The van der Waals surface area contributed by atoms with E-state index in [0.29, 0.717) is 11.8 Å². The molecule has 0 heterocycles. The minimum atomic E-state index is 0.569. The van der Waals surface area contributed by atoms with Crippen molar-refractivity contribution in [3.63, 3.8) is 0 Å². The molecule has 0 spiro atoms. The lowest BCUT2D eigenvalue weighted by molar-refractivity contribution is 0.644. The van der Waals surface area contributed by atoms with E-state index >= 15 is 0 Å². The highest BCUT2D eigenvalue weighted by Gasteiger charge is 2.04. The van der Waals surface area contributed by atoms with E-state index in [1.165, 1.54) is 11.1 Å². The Bertz CT molecular complexity index is 279. The predicted octanol–water partition coefficient (Wildman–Crippen LogP) is 4.28. The first-order valence-corrected chi connectivity index (χ1v) is 5.38. The van der Waals surface area contributed by atoms with Crippen LogP contribution in [0.1, 0.15) is 25.0 Å². The summed E-state index contributed by atoms with van der Waals surface area (Å²) in [6.07, 6.45) is 1.04. The second kappa shape index (κ2) is 4.88. The molecule has 0 saturated heterocycles. The van der Waals surface area contributed by atoms with Crippen molar-refractivity contribution >= 4 is 23.2 Å². The Morgan fingerprint density at radius 1 is 1.23 bits per heavy atom. The Labute approximate surface area is 89.9 Å². The van der Waals surface area contributed by atoms with Gasteiger partial charge in [0.05, 0.1) is 0 Å². The van der Waals surface area contributed by atoms with Crippen LogP contribution < -0.4 is 0 Å². The summed E-state index contributed by atoms with van der Waals surface area (Å²) in [5, 5.41) is 0.796. The van der Waals surface area contributed by atoms with Crippen molar-refractivity contribution in [2.24, 2.45) is 5.92 Å². The summed E-state index contributed by atoms with van der Waals surface area (Å²) >= 11 is 11.7. The molecule has 1 aromatic rings.